The lowest BCUT2D eigenvalue weighted by molar-refractivity contribution is 0.0309. The van der Waals surface area contributed by atoms with Crippen LogP contribution < -0.4 is 5.73 Å². The van der Waals surface area contributed by atoms with Crippen molar-refractivity contribution in [3.8, 4) is 0 Å². The lowest BCUT2D eigenvalue weighted by atomic mass is 10.1. The van der Waals surface area contributed by atoms with Gasteiger partial charge in [0, 0.05) is 12.3 Å². The highest BCUT2D eigenvalue weighted by molar-refractivity contribution is 5.91. The zero-order valence-electron chi connectivity index (χ0n) is 11.4. The van der Waals surface area contributed by atoms with Crippen LogP contribution in [0, 0.1) is 12.7 Å². The van der Waals surface area contributed by atoms with E-state index in [0.29, 0.717) is 24.5 Å². The molecule has 0 spiro atoms. The van der Waals surface area contributed by atoms with Crippen molar-refractivity contribution in [1.29, 1.82) is 0 Å². The van der Waals surface area contributed by atoms with Crippen molar-refractivity contribution in [2.45, 2.75) is 26.7 Å². The first kappa shape index (κ1) is 15.4. The number of ether oxygens (including phenoxy) is 2. The third kappa shape index (κ3) is 4.87. The highest BCUT2D eigenvalue weighted by Gasteiger charge is 2.15. The Hall–Kier alpha value is -1.62. The molecule has 1 aromatic carbocycles. The standard InChI is InChI=1S/C14H20FNO3/c1-3-4-5-18-6-7-19-14(17)12-9-11(16)8-10(2)13(12)15/h8-9H,3-7,16H2,1-2H3. The van der Waals surface area contributed by atoms with E-state index >= 15 is 0 Å². The lowest BCUT2D eigenvalue weighted by Gasteiger charge is -2.08. The second-order valence-electron chi connectivity index (χ2n) is 4.30. The fourth-order valence-corrected chi connectivity index (χ4v) is 1.57. The van der Waals surface area contributed by atoms with E-state index in [2.05, 4.69) is 6.92 Å². The number of unbranched alkanes of at least 4 members (excludes halogenated alkanes) is 1. The number of halogens is 1. The van der Waals surface area contributed by atoms with E-state index in [0.717, 1.165) is 12.8 Å². The Bertz CT molecular complexity index is 435. The summed E-state index contributed by atoms with van der Waals surface area (Å²) in [7, 11) is 0. The number of aryl methyl sites for hydroxylation is 1. The smallest absolute Gasteiger partial charge is 0.341 e. The number of carbonyl (C=O) groups excluding carboxylic acids is 1. The van der Waals surface area contributed by atoms with Gasteiger partial charge in [-0.25, -0.2) is 9.18 Å². The Morgan fingerprint density at radius 1 is 1.32 bits per heavy atom. The quantitative estimate of drug-likeness (QED) is 0.469. The van der Waals surface area contributed by atoms with Gasteiger partial charge in [-0.3, -0.25) is 0 Å². The van der Waals surface area contributed by atoms with Gasteiger partial charge in [0.25, 0.3) is 0 Å². The van der Waals surface area contributed by atoms with Crippen LogP contribution in [0.25, 0.3) is 0 Å². The van der Waals surface area contributed by atoms with E-state index in [1.165, 1.54) is 12.1 Å². The molecule has 0 aliphatic rings. The molecule has 1 aromatic rings. The molecule has 0 amide bonds. The summed E-state index contributed by atoms with van der Waals surface area (Å²) < 4.78 is 23.9. The fourth-order valence-electron chi connectivity index (χ4n) is 1.57. The zero-order chi connectivity index (χ0) is 14.3. The van der Waals surface area contributed by atoms with Gasteiger partial charge in [-0.1, -0.05) is 13.3 Å². The molecule has 1 rings (SSSR count). The predicted molar refractivity (Wildman–Crippen MR) is 71.6 cm³/mol. The monoisotopic (exact) mass is 269 g/mol. The number of benzene rings is 1. The Labute approximate surface area is 112 Å². The maximum atomic E-state index is 13.7. The molecule has 0 atom stereocenters. The van der Waals surface area contributed by atoms with Gasteiger partial charge in [0.05, 0.1) is 12.2 Å². The summed E-state index contributed by atoms with van der Waals surface area (Å²) in [5.74, 6) is -1.31. The number of esters is 1. The lowest BCUT2D eigenvalue weighted by Crippen LogP contribution is -2.13. The summed E-state index contributed by atoms with van der Waals surface area (Å²) >= 11 is 0. The average Bonchev–Trinajstić information content (AvgIpc) is 2.37. The van der Waals surface area contributed by atoms with Gasteiger partial charge in [-0.2, -0.15) is 0 Å². The molecule has 0 saturated heterocycles. The number of nitrogen functional groups attached to an aromatic ring is 1. The van der Waals surface area contributed by atoms with Crippen LogP contribution in [0.4, 0.5) is 10.1 Å². The van der Waals surface area contributed by atoms with Crippen LogP contribution in [0.2, 0.25) is 0 Å². The van der Waals surface area contributed by atoms with Crippen molar-refractivity contribution in [1.82, 2.24) is 0 Å². The maximum Gasteiger partial charge on any atom is 0.341 e. The Morgan fingerprint density at radius 3 is 2.74 bits per heavy atom. The minimum Gasteiger partial charge on any atom is -0.460 e. The predicted octanol–water partition coefficient (Wildman–Crippen LogP) is 2.69. The van der Waals surface area contributed by atoms with E-state index in [4.69, 9.17) is 15.2 Å². The normalized spacial score (nSPS) is 10.5. The fraction of sp³-hybridized carbons (Fsp3) is 0.500. The van der Waals surface area contributed by atoms with E-state index in [9.17, 15) is 9.18 Å². The number of nitrogens with two attached hydrogens (primary N) is 1. The average molecular weight is 269 g/mol. The Morgan fingerprint density at radius 2 is 2.05 bits per heavy atom. The maximum absolute atomic E-state index is 13.7. The molecule has 0 aromatic heterocycles. The van der Waals surface area contributed by atoms with Crippen LogP contribution in [0.3, 0.4) is 0 Å². The minimum atomic E-state index is -0.716. The summed E-state index contributed by atoms with van der Waals surface area (Å²) in [5, 5.41) is 0. The second kappa shape index (κ2) is 7.74. The molecule has 106 valence electrons. The molecule has 0 fully saturated rings. The van der Waals surface area contributed by atoms with Crippen molar-refractivity contribution < 1.29 is 18.7 Å². The Balaban J connectivity index is 2.46. The number of rotatable bonds is 7. The Kier molecular flexibility index (Phi) is 6.29. The highest BCUT2D eigenvalue weighted by Crippen LogP contribution is 2.17. The van der Waals surface area contributed by atoms with Crippen molar-refractivity contribution in [2.75, 3.05) is 25.6 Å². The van der Waals surface area contributed by atoms with Crippen LogP contribution in [-0.4, -0.2) is 25.8 Å². The second-order valence-corrected chi connectivity index (χ2v) is 4.30. The first-order valence-electron chi connectivity index (χ1n) is 6.36. The van der Waals surface area contributed by atoms with Gasteiger partial charge in [-0.15, -0.1) is 0 Å². The van der Waals surface area contributed by atoms with Gasteiger partial charge < -0.3 is 15.2 Å². The van der Waals surface area contributed by atoms with E-state index < -0.39 is 11.8 Å². The molecule has 0 saturated carbocycles. The van der Waals surface area contributed by atoms with Crippen molar-refractivity contribution in [3.63, 3.8) is 0 Å². The minimum absolute atomic E-state index is 0.107. The van der Waals surface area contributed by atoms with Crippen LogP contribution in [-0.2, 0) is 9.47 Å². The van der Waals surface area contributed by atoms with Crippen LogP contribution >= 0.6 is 0 Å². The van der Waals surface area contributed by atoms with E-state index in [-0.39, 0.29) is 12.2 Å². The summed E-state index contributed by atoms with van der Waals surface area (Å²) in [6, 6.07) is 2.75. The molecule has 19 heavy (non-hydrogen) atoms. The van der Waals surface area contributed by atoms with E-state index in [1.54, 1.807) is 6.92 Å². The molecule has 0 radical (unpaired) electrons. The highest BCUT2D eigenvalue weighted by atomic mass is 19.1. The molecule has 2 N–H and O–H groups in total. The van der Waals surface area contributed by atoms with Crippen molar-refractivity contribution in [2.24, 2.45) is 0 Å². The summed E-state index contributed by atoms with van der Waals surface area (Å²) in [4.78, 5) is 11.7. The van der Waals surface area contributed by atoms with Crippen LogP contribution in [0.5, 0.6) is 0 Å². The SMILES string of the molecule is CCCCOCCOC(=O)c1cc(N)cc(C)c1F. The molecule has 0 unspecified atom stereocenters. The van der Waals surface area contributed by atoms with Crippen molar-refractivity contribution >= 4 is 11.7 Å². The number of anilines is 1. The van der Waals surface area contributed by atoms with Gasteiger partial charge in [-0.05, 0) is 31.0 Å². The molecule has 0 aliphatic heterocycles. The van der Waals surface area contributed by atoms with Gasteiger partial charge in [0.2, 0.25) is 0 Å². The molecule has 0 bridgehead atoms. The summed E-state index contributed by atoms with van der Waals surface area (Å²) in [5.41, 5.74) is 6.11. The molecule has 0 aliphatic carbocycles. The molecular formula is C14H20FNO3. The van der Waals surface area contributed by atoms with Gasteiger partial charge >= 0.3 is 5.97 Å². The number of carbonyl (C=O) groups is 1. The van der Waals surface area contributed by atoms with Gasteiger partial charge in [0.15, 0.2) is 0 Å². The molecular weight excluding hydrogens is 249 g/mol. The van der Waals surface area contributed by atoms with Gasteiger partial charge in [0.1, 0.15) is 12.4 Å². The number of hydrogen-bond donors (Lipinski definition) is 1. The molecule has 0 heterocycles. The third-order valence-electron chi connectivity index (χ3n) is 2.60. The number of hydrogen-bond acceptors (Lipinski definition) is 4. The molecule has 4 nitrogen and oxygen atoms in total. The van der Waals surface area contributed by atoms with E-state index in [1.807, 2.05) is 0 Å². The van der Waals surface area contributed by atoms with Crippen LogP contribution in [0.1, 0.15) is 35.7 Å². The summed E-state index contributed by atoms with van der Waals surface area (Å²) in [6.45, 7) is 4.68. The van der Waals surface area contributed by atoms with Crippen LogP contribution in [0.15, 0.2) is 12.1 Å². The molecule has 5 heteroatoms. The first-order valence-corrected chi connectivity index (χ1v) is 6.36. The largest absolute Gasteiger partial charge is 0.460 e. The topological polar surface area (TPSA) is 61.5 Å². The third-order valence-corrected chi connectivity index (χ3v) is 2.60. The van der Waals surface area contributed by atoms with Crippen molar-refractivity contribution in [3.05, 3.63) is 29.1 Å². The first-order chi connectivity index (χ1) is 9.06. The summed E-state index contributed by atoms with van der Waals surface area (Å²) in [6.07, 6.45) is 2.02. The zero-order valence-corrected chi connectivity index (χ0v) is 11.4.